The van der Waals surface area contributed by atoms with Crippen molar-refractivity contribution in [2.24, 2.45) is 5.92 Å². The van der Waals surface area contributed by atoms with E-state index in [2.05, 4.69) is 12.2 Å². The second-order valence-corrected chi connectivity index (χ2v) is 5.70. The van der Waals surface area contributed by atoms with E-state index in [0.717, 1.165) is 32.4 Å². The number of ketones is 1. The smallest absolute Gasteiger partial charge is 0.139 e. The summed E-state index contributed by atoms with van der Waals surface area (Å²) in [5.41, 5.74) is 0. The molecule has 0 spiro atoms. The fraction of sp³-hybridized carbons (Fsp3) is 0.933. The fourth-order valence-electron chi connectivity index (χ4n) is 2.96. The molecule has 0 aromatic rings. The summed E-state index contributed by atoms with van der Waals surface area (Å²) in [6, 6.07) is 0.232. The lowest BCUT2D eigenvalue weighted by Gasteiger charge is -2.18. The minimum Gasteiger partial charge on any atom is -0.379 e. The van der Waals surface area contributed by atoms with Crippen LogP contribution >= 0.6 is 0 Å². The van der Waals surface area contributed by atoms with Crippen molar-refractivity contribution in [3.63, 3.8) is 0 Å². The van der Waals surface area contributed by atoms with E-state index in [1.807, 2.05) is 0 Å². The van der Waals surface area contributed by atoms with Crippen LogP contribution in [-0.4, -0.2) is 44.3 Å². The second-order valence-electron chi connectivity index (χ2n) is 5.70. The summed E-state index contributed by atoms with van der Waals surface area (Å²) in [7, 11) is 0. The van der Waals surface area contributed by atoms with Crippen LogP contribution in [0, 0.1) is 5.92 Å². The molecule has 3 atom stereocenters. The van der Waals surface area contributed by atoms with Gasteiger partial charge in [-0.05, 0) is 38.6 Å². The third kappa shape index (κ3) is 4.55. The van der Waals surface area contributed by atoms with E-state index < -0.39 is 0 Å². The van der Waals surface area contributed by atoms with Crippen LogP contribution in [0.25, 0.3) is 0 Å². The number of ether oxygens (including phenoxy) is 2. The first kappa shape index (κ1) is 14.9. The number of Topliss-reactive ketones (excluding diaryl/α,β-unsaturated/α-hetero) is 1. The van der Waals surface area contributed by atoms with E-state index in [0.29, 0.717) is 31.5 Å². The number of carbonyl (C=O) groups is 1. The van der Waals surface area contributed by atoms with Crippen molar-refractivity contribution in [1.82, 2.24) is 5.32 Å². The monoisotopic (exact) mass is 269 g/mol. The summed E-state index contributed by atoms with van der Waals surface area (Å²) in [6.07, 6.45) is 6.52. The molecule has 1 N–H and O–H groups in total. The Morgan fingerprint density at radius 1 is 1.37 bits per heavy atom. The lowest BCUT2D eigenvalue weighted by atomic mass is 9.94. The third-order valence-electron chi connectivity index (χ3n) is 4.12. The molecule has 2 rings (SSSR count). The van der Waals surface area contributed by atoms with Gasteiger partial charge in [0.2, 0.25) is 0 Å². The predicted molar refractivity (Wildman–Crippen MR) is 74.2 cm³/mol. The van der Waals surface area contributed by atoms with E-state index in [4.69, 9.17) is 9.47 Å². The lowest BCUT2D eigenvalue weighted by Crippen LogP contribution is -2.39. The highest BCUT2D eigenvalue weighted by atomic mass is 16.5. The van der Waals surface area contributed by atoms with Crippen molar-refractivity contribution in [3.05, 3.63) is 0 Å². The van der Waals surface area contributed by atoms with E-state index >= 15 is 0 Å². The zero-order valence-electron chi connectivity index (χ0n) is 12.0. The van der Waals surface area contributed by atoms with Gasteiger partial charge in [-0.3, -0.25) is 4.79 Å². The standard InChI is InChI=1S/C15H27NO3/c1-2-8-16-14-11-18-10-13(14)15(17)7-3-5-12-6-4-9-19-12/h12-14,16H,2-11H2,1H3. The molecule has 2 aliphatic heterocycles. The number of rotatable bonds is 8. The van der Waals surface area contributed by atoms with Gasteiger partial charge < -0.3 is 14.8 Å². The Balaban J connectivity index is 1.66. The Hall–Kier alpha value is -0.450. The molecular weight excluding hydrogens is 242 g/mol. The van der Waals surface area contributed by atoms with Crippen molar-refractivity contribution in [3.8, 4) is 0 Å². The highest BCUT2D eigenvalue weighted by Gasteiger charge is 2.32. The molecule has 110 valence electrons. The minimum atomic E-state index is 0.0658. The van der Waals surface area contributed by atoms with Gasteiger partial charge in [0, 0.05) is 19.1 Å². The van der Waals surface area contributed by atoms with Crippen LogP contribution in [0.3, 0.4) is 0 Å². The van der Waals surface area contributed by atoms with E-state index in [9.17, 15) is 4.79 Å². The summed E-state index contributed by atoms with van der Waals surface area (Å²) < 4.78 is 11.0. The molecule has 0 amide bonds. The number of carbonyl (C=O) groups excluding carboxylic acids is 1. The Labute approximate surface area is 116 Å². The second kappa shape index (κ2) is 7.98. The zero-order chi connectivity index (χ0) is 13.5. The zero-order valence-corrected chi connectivity index (χ0v) is 12.0. The largest absolute Gasteiger partial charge is 0.379 e. The quantitative estimate of drug-likeness (QED) is 0.731. The minimum absolute atomic E-state index is 0.0658. The Kier molecular flexibility index (Phi) is 6.28. The molecule has 0 saturated carbocycles. The van der Waals surface area contributed by atoms with Gasteiger partial charge in [-0.1, -0.05) is 6.92 Å². The normalized spacial score (nSPS) is 30.9. The van der Waals surface area contributed by atoms with Gasteiger partial charge in [-0.15, -0.1) is 0 Å². The van der Waals surface area contributed by atoms with Crippen LogP contribution in [0.2, 0.25) is 0 Å². The molecule has 2 saturated heterocycles. The molecule has 0 radical (unpaired) electrons. The van der Waals surface area contributed by atoms with Crippen LogP contribution in [0.1, 0.15) is 45.4 Å². The Bertz CT molecular complexity index is 277. The van der Waals surface area contributed by atoms with Gasteiger partial charge in [-0.25, -0.2) is 0 Å². The maximum Gasteiger partial charge on any atom is 0.139 e. The van der Waals surface area contributed by atoms with E-state index in [-0.39, 0.29) is 12.0 Å². The molecule has 0 aliphatic carbocycles. The van der Waals surface area contributed by atoms with Crippen molar-refractivity contribution in [1.29, 1.82) is 0 Å². The first-order chi connectivity index (χ1) is 9.31. The summed E-state index contributed by atoms with van der Waals surface area (Å²) in [5, 5.41) is 3.42. The van der Waals surface area contributed by atoms with Crippen molar-refractivity contribution in [2.45, 2.75) is 57.6 Å². The summed E-state index contributed by atoms with van der Waals surface area (Å²) in [4.78, 5) is 12.2. The molecule has 0 aromatic carbocycles. The molecule has 2 heterocycles. The lowest BCUT2D eigenvalue weighted by molar-refractivity contribution is -0.123. The van der Waals surface area contributed by atoms with Crippen molar-refractivity contribution >= 4 is 5.78 Å². The average Bonchev–Trinajstić information content (AvgIpc) is 3.07. The SMILES string of the molecule is CCCNC1COCC1C(=O)CCCC1CCCO1. The van der Waals surface area contributed by atoms with Crippen molar-refractivity contribution in [2.75, 3.05) is 26.4 Å². The Morgan fingerprint density at radius 3 is 3.00 bits per heavy atom. The molecule has 4 heteroatoms. The van der Waals surface area contributed by atoms with Crippen LogP contribution in [0.15, 0.2) is 0 Å². The number of hydrogen-bond donors (Lipinski definition) is 1. The Morgan fingerprint density at radius 2 is 2.26 bits per heavy atom. The van der Waals surface area contributed by atoms with Crippen LogP contribution in [0.5, 0.6) is 0 Å². The molecule has 2 fully saturated rings. The van der Waals surface area contributed by atoms with Gasteiger partial charge in [0.25, 0.3) is 0 Å². The first-order valence-electron chi connectivity index (χ1n) is 7.76. The van der Waals surface area contributed by atoms with Gasteiger partial charge >= 0.3 is 0 Å². The third-order valence-corrected chi connectivity index (χ3v) is 4.12. The van der Waals surface area contributed by atoms with Crippen LogP contribution in [-0.2, 0) is 14.3 Å². The highest BCUT2D eigenvalue weighted by molar-refractivity contribution is 5.82. The van der Waals surface area contributed by atoms with Crippen LogP contribution in [0.4, 0.5) is 0 Å². The summed E-state index contributed by atoms with van der Waals surface area (Å²) in [6.45, 7) is 5.29. The maximum absolute atomic E-state index is 12.2. The number of hydrogen-bond acceptors (Lipinski definition) is 4. The first-order valence-corrected chi connectivity index (χ1v) is 7.76. The molecule has 4 nitrogen and oxygen atoms in total. The molecule has 19 heavy (non-hydrogen) atoms. The topological polar surface area (TPSA) is 47.6 Å². The van der Waals surface area contributed by atoms with Gasteiger partial charge in [-0.2, -0.15) is 0 Å². The molecular formula is C15H27NO3. The highest BCUT2D eigenvalue weighted by Crippen LogP contribution is 2.21. The number of nitrogens with one attached hydrogen (secondary N) is 1. The summed E-state index contributed by atoms with van der Waals surface area (Å²) >= 11 is 0. The van der Waals surface area contributed by atoms with Gasteiger partial charge in [0.05, 0.1) is 25.2 Å². The summed E-state index contributed by atoms with van der Waals surface area (Å²) in [5.74, 6) is 0.431. The maximum atomic E-state index is 12.2. The van der Waals surface area contributed by atoms with Crippen molar-refractivity contribution < 1.29 is 14.3 Å². The van der Waals surface area contributed by atoms with Gasteiger partial charge in [0.1, 0.15) is 5.78 Å². The fourth-order valence-corrected chi connectivity index (χ4v) is 2.96. The predicted octanol–water partition coefficient (Wildman–Crippen LogP) is 1.92. The average molecular weight is 269 g/mol. The van der Waals surface area contributed by atoms with E-state index in [1.54, 1.807) is 0 Å². The van der Waals surface area contributed by atoms with Gasteiger partial charge in [0.15, 0.2) is 0 Å². The molecule has 3 unspecified atom stereocenters. The molecule has 2 aliphatic rings. The van der Waals surface area contributed by atoms with Crippen LogP contribution < -0.4 is 5.32 Å². The molecule has 0 aromatic heterocycles. The molecule has 0 bridgehead atoms. The van der Waals surface area contributed by atoms with E-state index in [1.165, 1.54) is 12.8 Å².